The van der Waals surface area contributed by atoms with Crippen molar-refractivity contribution in [1.82, 2.24) is 24.7 Å². The van der Waals surface area contributed by atoms with Crippen molar-refractivity contribution in [2.45, 2.75) is 31.2 Å². The number of carbonyl (C=O) groups excluding carboxylic acids is 1. The summed E-state index contributed by atoms with van der Waals surface area (Å²) >= 11 is 2.77. The lowest BCUT2D eigenvalue weighted by atomic mass is 10.2. The molecule has 7 nitrogen and oxygen atoms in total. The SMILES string of the molecule is Cc1nn(-c2cc(SCC(=O)Nc3nccs3)ncn2)c2c1CCC2. The van der Waals surface area contributed by atoms with Crippen LogP contribution in [0.1, 0.15) is 23.4 Å². The normalized spacial score (nSPS) is 13.0. The van der Waals surface area contributed by atoms with Crippen LogP contribution in [0.15, 0.2) is 29.0 Å². The monoisotopic (exact) mass is 372 g/mol. The topological polar surface area (TPSA) is 85.6 Å². The summed E-state index contributed by atoms with van der Waals surface area (Å²) in [5.41, 5.74) is 3.66. The predicted octanol–water partition coefficient (Wildman–Crippen LogP) is 2.65. The van der Waals surface area contributed by atoms with Crippen LogP contribution in [0, 0.1) is 6.92 Å². The van der Waals surface area contributed by atoms with Gasteiger partial charge in [-0.15, -0.1) is 11.3 Å². The molecular formula is C16H16N6OS2. The Bertz CT molecular complexity index is 905. The van der Waals surface area contributed by atoms with E-state index in [0.29, 0.717) is 5.13 Å². The summed E-state index contributed by atoms with van der Waals surface area (Å²) in [5.74, 6) is 0.923. The maximum Gasteiger partial charge on any atom is 0.236 e. The number of fused-ring (bicyclic) bond motifs is 1. The number of anilines is 1. The molecule has 0 bridgehead atoms. The molecule has 1 aliphatic rings. The Morgan fingerprint density at radius 2 is 2.28 bits per heavy atom. The molecule has 3 heterocycles. The highest BCUT2D eigenvalue weighted by atomic mass is 32.2. The standard InChI is InChI=1S/C16H16N6OS2/c1-10-11-3-2-4-12(11)22(21-10)13-7-15(19-9-18-13)25-8-14(23)20-16-17-5-6-24-16/h5-7,9H,2-4,8H2,1H3,(H,17,20,23). The van der Waals surface area contributed by atoms with E-state index >= 15 is 0 Å². The highest BCUT2D eigenvalue weighted by Crippen LogP contribution is 2.27. The van der Waals surface area contributed by atoms with Gasteiger partial charge in [0.1, 0.15) is 11.4 Å². The van der Waals surface area contributed by atoms with Gasteiger partial charge in [0.05, 0.1) is 11.4 Å². The third-order valence-corrected chi connectivity index (χ3v) is 5.62. The number of thioether (sulfide) groups is 1. The number of hydrogen-bond donors (Lipinski definition) is 1. The lowest BCUT2D eigenvalue weighted by Crippen LogP contribution is -2.14. The van der Waals surface area contributed by atoms with Crippen molar-refractivity contribution >= 4 is 34.1 Å². The molecule has 3 aromatic heterocycles. The van der Waals surface area contributed by atoms with Crippen molar-refractivity contribution < 1.29 is 4.79 Å². The molecule has 0 atom stereocenters. The second kappa shape index (κ2) is 6.93. The van der Waals surface area contributed by atoms with E-state index in [4.69, 9.17) is 0 Å². The largest absolute Gasteiger partial charge is 0.301 e. The van der Waals surface area contributed by atoms with Crippen LogP contribution in [0.2, 0.25) is 0 Å². The van der Waals surface area contributed by atoms with Gasteiger partial charge in [0.2, 0.25) is 5.91 Å². The third-order valence-electron chi connectivity index (χ3n) is 4.01. The van der Waals surface area contributed by atoms with Crippen molar-refractivity contribution in [3.63, 3.8) is 0 Å². The van der Waals surface area contributed by atoms with Gasteiger partial charge in [-0.25, -0.2) is 19.6 Å². The fourth-order valence-corrected chi connectivity index (χ4v) is 4.12. The first-order valence-electron chi connectivity index (χ1n) is 7.92. The number of aryl methyl sites for hydroxylation is 1. The first-order chi connectivity index (χ1) is 12.2. The molecule has 3 aromatic rings. The van der Waals surface area contributed by atoms with Crippen LogP contribution in [0.3, 0.4) is 0 Å². The lowest BCUT2D eigenvalue weighted by molar-refractivity contribution is -0.113. The van der Waals surface area contributed by atoms with Gasteiger partial charge >= 0.3 is 0 Å². The number of nitrogens with zero attached hydrogens (tertiary/aromatic N) is 5. The van der Waals surface area contributed by atoms with Crippen molar-refractivity contribution in [3.05, 3.63) is 40.9 Å². The minimum atomic E-state index is -0.101. The molecule has 0 saturated heterocycles. The number of amides is 1. The third kappa shape index (κ3) is 3.42. The van der Waals surface area contributed by atoms with E-state index in [0.717, 1.165) is 35.8 Å². The predicted molar refractivity (Wildman–Crippen MR) is 97.4 cm³/mol. The first-order valence-corrected chi connectivity index (χ1v) is 9.79. The molecular weight excluding hydrogens is 356 g/mol. The van der Waals surface area contributed by atoms with Crippen LogP contribution in [-0.2, 0) is 17.6 Å². The van der Waals surface area contributed by atoms with Crippen molar-refractivity contribution in [1.29, 1.82) is 0 Å². The molecule has 0 radical (unpaired) electrons. The molecule has 0 saturated carbocycles. The number of nitrogens with one attached hydrogen (secondary N) is 1. The number of thiazole rings is 1. The summed E-state index contributed by atoms with van der Waals surface area (Å²) in [6.07, 6.45) is 6.46. The smallest absolute Gasteiger partial charge is 0.236 e. The van der Waals surface area contributed by atoms with Gasteiger partial charge in [-0.1, -0.05) is 11.8 Å². The number of carbonyl (C=O) groups is 1. The Balaban J connectivity index is 1.47. The molecule has 1 N–H and O–H groups in total. The zero-order valence-corrected chi connectivity index (χ0v) is 15.2. The molecule has 1 amide bonds. The van der Waals surface area contributed by atoms with Gasteiger partial charge in [-0.2, -0.15) is 5.10 Å². The summed E-state index contributed by atoms with van der Waals surface area (Å²) in [6, 6.07) is 1.88. The van der Waals surface area contributed by atoms with Crippen LogP contribution in [0.5, 0.6) is 0 Å². The molecule has 0 aliphatic heterocycles. The highest BCUT2D eigenvalue weighted by molar-refractivity contribution is 7.99. The maximum atomic E-state index is 12.0. The average molecular weight is 372 g/mol. The first kappa shape index (κ1) is 16.2. The van der Waals surface area contributed by atoms with Crippen LogP contribution >= 0.6 is 23.1 Å². The molecule has 0 unspecified atom stereocenters. The molecule has 4 rings (SSSR count). The molecule has 128 valence electrons. The van der Waals surface area contributed by atoms with Gasteiger partial charge in [0.25, 0.3) is 0 Å². The van der Waals surface area contributed by atoms with Gasteiger partial charge in [-0.05, 0) is 31.7 Å². The lowest BCUT2D eigenvalue weighted by Gasteiger charge is -2.06. The number of aromatic nitrogens is 5. The van der Waals surface area contributed by atoms with Crippen LogP contribution < -0.4 is 5.32 Å². The Labute approximate surface area is 152 Å². The Hall–Kier alpha value is -2.26. The average Bonchev–Trinajstić information content (AvgIpc) is 3.33. The van der Waals surface area contributed by atoms with E-state index in [1.54, 1.807) is 6.20 Å². The van der Waals surface area contributed by atoms with E-state index in [1.807, 2.05) is 23.1 Å². The molecule has 0 aromatic carbocycles. The van der Waals surface area contributed by atoms with Gasteiger partial charge in [-0.3, -0.25) is 4.79 Å². The summed E-state index contributed by atoms with van der Waals surface area (Å²) < 4.78 is 1.92. The van der Waals surface area contributed by atoms with Crippen molar-refractivity contribution in [2.24, 2.45) is 0 Å². The Morgan fingerprint density at radius 1 is 1.36 bits per heavy atom. The van der Waals surface area contributed by atoms with E-state index in [2.05, 4.69) is 25.4 Å². The highest BCUT2D eigenvalue weighted by Gasteiger charge is 2.21. The van der Waals surface area contributed by atoms with E-state index < -0.39 is 0 Å². The fraction of sp³-hybridized carbons (Fsp3) is 0.312. The van der Waals surface area contributed by atoms with Crippen molar-refractivity contribution in [3.8, 4) is 5.82 Å². The molecule has 9 heteroatoms. The number of hydrogen-bond acceptors (Lipinski definition) is 7. The Kier molecular flexibility index (Phi) is 4.50. The molecule has 0 spiro atoms. The number of rotatable bonds is 5. The van der Waals surface area contributed by atoms with Crippen LogP contribution in [0.4, 0.5) is 5.13 Å². The van der Waals surface area contributed by atoms with E-state index in [1.165, 1.54) is 40.7 Å². The molecule has 1 aliphatic carbocycles. The van der Waals surface area contributed by atoms with E-state index in [-0.39, 0.29) is 11.7 Å². The van der Waals surface area contributed by atoms with Gasteiger partial charge in [0.15, 0.2) is 10.9 Å². The summed E-state index contributed by atoms with van der Waals surface area (Å²) in [4.78, 5) is 24.6. The van der Waals surface area contributed by atoms with E-state index in [9.17, 15) is 4.79 Å². The summed E-state index contributed by atoms with van der Waals surface area (Å²) in [7, 11) is 0. The zero-order chi connectivity index (χ0) is 17.2. The summed E-state index contributed by atoms with van der Waals surface area (Å²) in [5, 5.41) is 10.6. The second-order valence-electron chi connectivity index (χ2n) is 5.66. The maximum absolute atomic E-state index is 12.0. The quantitative estimate of drug-likeness (QED) is 0.547. The molecule has 0 fully saturated rings. The fourth-order valence-electron chi connectivity index (χ4n) is 2.92. The minimum absolute atomic E-state index is 0.101. The van der Waals surface area contributed by atoms with Crippen molar-refractivity contribution in [2.75, 3.05) is 11.1 Å². The minimum Gasteiger partial charge on any atom is -0.301 e. The zero-order valence-electron chi connectivity index (χ0n) is 13.6. The van der Waals surface area contributed by atoms with Crippen LogP contribution in [0.25, 0.3) is 5.82 Å². The molecule has 25 heavy (non-hydrogen) atoms. The van der Waals surface area contributed by atoms with Crippen LogP contribution in [-0.4, -0.2) is 36.4 Å². The van der Waals surface area contributed by atoms with Gasteiger partial charge in [0, 0.05) is 23.3 Å². The summed E-state index contributed by atoms with van der Waals surface area (Å²) in [6.45, 7) is 2.04. The van der Waals surface area contributed by atoms with Gasteiger partial charge < -0.3 is 5.32 Å². The Morgan fingerprint density at radius 3 is 3.12 bits per heavy atom. The second-order valence-corrected chi connectivity index (χ2v) is 7.55.